The van der Waals surface area contributed by atoms with Crippen molar-refractivity contribution in [1.29, 1.82) is 0 Å². The van der Waals surface area contributed by atoms with Crippen LogP contribution in [0.5, 0.6) is 0 Å². The van der Waals surface area contributed by atoms with Gasteiger partial charge in [0.25, 0.3) is 0 Å². The van der Waals surface area contributed by atoms with Gasteiger partial charge in [-0.1, -0.05) is 24.3 Å². The van der Waals surface area contributed by atoms with E-state index in [9.17, 15) is 13.4 Å². The first-order valence-corrected chi connectivity index (χ1v) is 7.79. The Balaban J connectivity index is 3.15. The summed E-state index contributed by atoms with van der Waals surface area (Å²) in [7, 11) is -0.384. The third-order valence-corrected chi connectivity index (χ3v) is 4.61. The number of carbonyl (C=O) groups is 1. The minimum absolute atomic E-state index is 0.573. The Kier molecular flexibility index (Phi) is 6.04. The molecule has 0 aliphatic rings. The number of methoxy groups -OCH3 is 1. The lowest BCUT2D eigenvalue weighted by atomic mass is 9.98. The van der Waals surface area contributed by atoms with E-state index in [0.717, 1.165) is 12.7 Å². The van der Waals surface area contributed by atoms with Gasteiger partial charge in [0.15, 0.2) is 0 Å². The van der Waals surface area contributed by atoms with Crippen LogP contribution in [-0.2, 0) is 20.5 Å². The maximum atomic E-state index is 14.4. The molecule has 3 unspecified atom stereocenters. The molecule has 0 aliphatic heterocycles. The topological polar surface area (TPSA) is 55.4 Å². The summed E-state index contributed by atoms with van der Waals surface area (Å²) in [6.45, 7) is 7.14. The molecule has 0 fully saturated rings. The number of benzene rings is 1. The number of carbonyl (C=O) groups excluding carboxylic acids is 1. The highest BCUT2D eigenvalue weighted by Crippen LogP contribution is 2.25. The first-order chi connectivity index (χ1) is 9.68. The van der Waals surface area contributed by atoms with Crippen LogP contribution in [0.2, 0.25) is 0 Å². The lowest BCUT2D eigenvalue weighted by Gasteiger charge is -2.26. The average molecular weight is 315 g/mol. The number of hydrogen-bond acceptors (Lipinski definition) is 3. The molecule has 21 heavy (non-hydrogen) atoms. The Morgan fingerprint density at radius 2 is 1.90 bits per heavy atom. The second kappa shape index (κ2) is 7.13. The number of halogens is 1. The monoisotopic (exact) mass is 315 g/mol. The number of rotatable bonds is 5. The summed E-state index contributed by atoms with van der Waals surface area (Å²) in [5, 5.41) is 0. The second-order valence-corrected chi connectivity index (χ2v) is 7.76. The fourth-order valence-electron chi connectivity index (χ4n) is 1.76. The van der Waals surface area contributed by atoms with Crippen LogP contribution in [0.15, 0.2) is 24.3 Å². The van der Waals surface area contributed by atoms with Gasteiger partial charge in [0, 0.05) is 0 Å². The van der Waals surface area contributed by atoms with Crippen LogP contribution in [0.4, 0.5) is 4.39 Å². The minimum Gasteiger partial charge on any atom is -0.467 e. The van der Waals surface area contributed by atoms with E-state index in [4.69, 9.17) is 0 Å². The summed E-state index contributed by atoms with van der Waals surface area (Å²) in [5.74, 6) is -0.985. The number of hydrogen-bond donors (Lipinski definition) is 1. The van der Waals surface area contributed by atoms with Gasteiger partial charge in [0.2, 0.25) is 6.17 Å². The van der Waals surface area contributed by atoms with Gasteiger partial charge in [-0.05, 0) is 38.8 Å². The highest BCUT2D eigenvalue weighted by atomic mass is 32.2. The van der Waals surface area contributed by atoms with Crippen molar-refractivity contribution in [3.8, 4) is 0 Å². The standard InChI is InChI=1S/C15H22FNO3S/c1-10-8-6-7-9-11(10)13(12(16)14(18)20-5)17-21(19)15(2,3)4/h6-9,12-13,17H,1-5H3. The molecule has 0 amide bonds. The molecule has 118 valence electrons. The van der Waals surface area contributed by atoms with Crippen molar-refractivity contribution in [3.63, 3.8) is 0 Å². The van der Waals surface area contributed by atoms with Gasteiger partial charge in [-0.25, -0.2) is 18.1 Å². The molecular formula is C15H22FNO3S. The van der Waals surface area contributed by atoms with Gasteiger partial charge in [-0.3, -0.25) is 0 Å². The number of aryl methyl sites for hydroxylation is 1. The van der Waals surface area contributed by atoms with Gasteiger partial charge in [0.1, 0.15) is 0 Å². The molecule has 6 heteroatoms. The van der Waals surface area contributed by atoms with Crippen molar-refractivity contribution in [1.82, 2.24) is 4.72 Å². The Bertz CT molecular complexity index is 528. The molecular weight excluding hydrogens is 293 g/mol. The Labute approximate surface area is 127 Å². The first kappa shape index (κ1) is 17.8. The first-order valence-electron chi connectivity index (χ1n) is 6.64. The maximum Gasteiger partial charge on any atom is 0.342 e. The van der Waals surface area contributed by atoms with Crippen molar-refractivity contribution in [2.45, 2.75) is 44.7 Å². The van der Waals surface area contributed by atoms with Gasteiger partial charge < -0.3 is 4.74 Å². The Morgan fingerprint density at radius 3 is 2.38 bits per heavy atom. The molecule has 0 radical (unpaired) electrons. The smallest absolute Gasteiger partial charge is 0.342 e. The number of nitrogens with one attached hydrogen (secondary N) is 1. The fourth-order valence-corrected chi connectivity index (χ4v) is 2.59. The highest BCUT2D eigenvalue weighted by molar-refractivity contribution is 7.84. The molecule has 0 spiro atoms. The van der Waals surface area contributed by atoms with E-state index in [1.54, 1.807) is 32.9 Å². The van der Waals surface area contributed by atoms with Gasteiger partial charge >= 0.3 is 5.97 Å². The van der Waals surface area contributed by atoms with Crippen molar-refractivity contribution in [2.24, 2.45) is 0 Å². The number of ether oxygens (including phenoxy) is 1. The second-order valence-electron chi connectivity index (χ2n) is 5.76. The molecule has 1 N–H and O–H groups in total. The third-order valence-electron chi connectivity index (χ3n) is 3.03. The fraction of sp³-hybridized carbons (Fsp3) is 0.533. The van der Waals surface area contributed by atoms with Crippen LogP contribution in [-0.4, -0.2) is 28.2 Å². The van der Waals surface area contributed by atoms with E-state index in [1.807, 2.05) is 19.1 Å². The van der Waals surface area contributed by atoms with Crippen molar-refractivity contribution in [2.75, 3.05) is 7.11 Å². The summed E-state index contributed by atoms with van der Waals surface area (Å²) in [5.41, 5.74) is 1.40. The Hall–Kier alpha value is -1.27. The van der Waals surface area contributed by atoms with Crippen LogP contribution < -0.4 is 4.72 Å². The molecule has 1 rings (SSSR count). The quantitative estimate of drug-likeness (QED) is 0.850. The number of esters is 1. The van der Waals surface area contributed by atoms with Gasteiger partial charge in [-0.15, -0.1) is 0 Å². The van der Waals surface area contributed by atoms with E-state index in [-0.39, 0.29) is 0 Å². The molecule has 1 aromatic rings. The predicted molar refractivity (Wildman–Crippen MR) is 81.9 cm³/mol. The summed E-state index contributed by atoms with van der Waals surface area (Å²) in [6.07, 6.45) is -1.93. The molecule has 0 saturated heterocycles. The summed E-state index contributed by atoms with van der Waals surface area (Å²) in [6, 6.07) is 6.08. The zero-order valence-corrected chi connectivity index (χ0v) is 13.8. The van der Waals surface area contributed by atoms with E-state index in [0.29, 0.717) is 5.56 Å². The Morgan fingerprint density at radius 1 is 1.33 bits per heavy atom. The van der Waals surface area contributed by atoms with Crippen LogP contribution >= 0.6 is 0 Å². The zero-order chi connectivity index (χ0) is 16.2. The van der Waals surface area contributed by atoms with Gasteiger partial charge in [-0.2, -0.15) is 0 Å². The van der Waals surface area contributed by atoms with Crippen LogP contribution in [0, 0.1) is 6.92 Å². The molecule has 0 heterocycles. The summed E-state index contributed by atoms with van der Waals surface area (Å²) >= 11 is 0. The molecule has 0 bridgehead atoms. The summed E-state index contributed by atoms with van der Waals surface area (Å²) in [4.78, 5) is 11.5. The summed E-state index contributed by atoms with van der Waals surface area (Å²) < 4.78 is 33.3. The van der Waals surface area contributed by atoms with Gasteiger partial charge in [0.05, 0.1) is 28.9 Å². The SMILES string of the molecule is COC(=O)C(F)C(NS(=O)C(C)(C)C)c1ccccc1C. The molecule has 1 aromatic carbocycles. The van der Waals surface area contributed by atoms with Crippen LogP contribution in [0.25, 0.3) is 0 Å². The van der Waals surface area contributed by atoms with Crippen molar-refractivity contribution in [3.05, 3.63) is 35.4 Å². The molecule has 0 aromatic heterocycles. The number of alkyl halides is 1. The van der Waals surface area contributed by atoms with E-state index < -0.39 is 33.9 Å². The molecule has 0 saturated carbocycles. The molecule has 3 atom stereocenters. The average Bonchev–Trinajstić information content (AvgIpc) is 2.42. The van der Waals surface area contributed by atoms with E-state index in [1.165, 1.54) is 0 Å². The largest absolute Gasteiger partial charge is 0.467 e. The van der Waals surface area contributed by atoms with Crippen LogP contribution in [0.3, 0.4) is 0 Å². The zero-order valence-electron chi connectivity index (χ0n) is 13.0. The molecule has 4 nitrogen and oxygen atoms in total. The normalized spacial score (nSPS) is 16.1. The van der Waals surface area contributed by atoms with Crippen LogP contribution in [0.1, 0.15) is 37.9 Å². The minimum atomic E-state index is -1.93. The highest BCUT2D eigenvalue weighted by Gasteiger charge is 2.34. The maximum absolute atomic E-state index is 14.4. The lowest BCUT2D eigenvalue weighted by molar-refractivity contribution is -0.147. The lowest BCUT2D eigenvalue weighted by Crippen LogP contribution is -2.42. The van der Waals surface area contributed by atoms with Crippen molar-refractivity contribution >= 4 is 17.0 Å². The van der Waals surface area contributed by atoms with E-state index in [2.05, 4.69) is 9.46 Å². The predicted octanol–water partition coefficient (Wildman–Crippen LogP) is 2.60. The molecule has 0 aliphatic carbocycles. The third kappa shape index (κ3) is 4.61. The van der Waals surface area contributed by atoms with E-state index >= 15 is 0 Å². The van der Waals surface area contributed by atoms with Crippen molar-refractivity contribution < 1.29 is 18.1 Å².